The van der Waals surface area contributed by atoms with E-state index in [-0.39, 0.29) is 18.6 Å². The summed E-state index contributed by atoms with van der Waals surface area (Å²) in [7, 11) is 0. The molecule has 9 nitrogen and oxygen atoms in total. The lowest BCUT2D eigenvalue weighted by atomic mass is 9.94. The van der Waals surface area contributed by atoms with Crippen LogP contribution in [-0.2, 0) is 27.4 Å². The van der Waals surface area contributed by atoms with E-state index in [4.69, 9.17) is 20.7 Å². The van der Waals surface area contributed by atoms with Crippen molar-refractivity contribution in [2.24, 2.45) is 11.7 Å². The molecule has 3 unspecified atom stereocenters. The van der Waals surface area contributed by atoms with Crippen molar-refractivity contribution in [3.05, 3.63) is 107 Å². The van der Waals surface area contributed by atoms with Gasteiger partial charge in [0.25, 0.3) is 0 Å². The first-order valence-corrected chi connectivity index (χ1v) is 14.4. The van der Waals surface area contributed by atoms with Crippen LogP contribution in [0.2, 0.25) is 0 Å². The molecular weight excluding hydrogens is 542 g/mol. The minimum Gasteiger partial charge on any atom is -0.480 e. The molecule has 41 heavy (non-hydrogen) atoms. The number of aliphatic carboxylic acids is 1. The highest BCUT2D eigenvalue weighted by molar-refractivity contribution is 7.99. The summed E-state index contributed by atoms with van der Waals surface area (Å²) in [6, 6.07) is 24.6. The number of esters is 1. The number of nitrogens with one attached hydrogen (secondary N) is 2. The van der Waals surface area contributed by atoms with Crippen LogP contribution < -0.4 is 11.1 Å². The summed E-state index contributed by atoms with van der Waals surface area (Å²) < 4.78 is 5.43. The molecule has 5 rings (SSSR count). The first-order chi connectivity index (χ1) is 19.8. The quantitative estimate of drug-likeness (QED) is 0.114. The number of aromatic nitrogens is 1. The van der Waals surface area contributed by atoms with E-state index in [9.17, 15) is 14.4 Å². The van der Waals surface area contributed by atoms with Crippen LogP contribution in [0.15, 0.2) is 78.9 Å². The lowest BCUT2D eigenvalue weighted by Crippen LogP contribution is -2.43. The van der Waals surface area contributed by atoms with E-state index in [0.29, 0.717) is 11.8 Å². The maximum Gasteiger partial charge on any atom is 0.338 e. The zero-order valence-corrected chi connectivity index (χ0v) is 23.3. The van der Waals surface area contributed by atoms with Gasteiger partial charge in [0.2, 0.25) is 0 Å². The summed E-state index contributed by atoms with van der Waals surface area (Å²) in [5.41, 5.74) is 10.5. The van der Waals surface area contributed by atoms with Crippen molar-refractivity contribution in [3.8, 4) is 0 Å². The summed E-state index contributed by atoms with van der Waals surface area (Å²) in [6.45, 7) is 1.21. The molecule has 6 N–H and O–H groups in total. The lowest BCUT2D eigenvalue weighted by Gasteiger charge is -2.25. The fraction of sp³-hybridized carbons (Fsp3) is 0.258. The predicted molar refractivity (Wildman–Crippen MR) is 159 cm³/mol. The number of hydrogen-bond donors (Lipinski definition) is 5. The number of aldehydes is 1. The number of benzene rings is 3. The number of aromatic amines is 1. The number of carbonyl (C=O) groups is 3. The highest BCUT2D eigenvalue weighted by atomic mass is 32.2. The van der Waals surface area contributed by atoms with Gasteiger partial charge in [-0.1, -0.05) is 60.7 Å². The van der Waals surface area contributed by atoms with Gasteiger partial charge in [0.1, 0.15) is 24.4 Å². The van der Waals surface area contributed by atoms with Gasteiger partial charge in [-0.15, -0.1) is 11.8 Å². The van der Waals surface area contributed by atoms with Gasteiger partial charge in [0, 0.05) is 23.1 Å². The summed E-state index contributed by atoms with van der Waals surface area (Å²) in [6.07, 6.45) is 2.94. The van der Waals surface area contributed by atoms with Gasteiger partial charge in [0.15, 0.2) is 0 Å². The topological polar surface area (TPSA) is 155 Å². The van der Waals surface area contributed by atoms with Crippen molar-refractivity contribution in [1.29, 1.82) is 0 Å². The predicted octanol–water partition coefficient (Wildman–Crippen LogP) is 3.65. The molecule has 1 aliphatic rings. The van der Waals surface area contributed by atoms with Crippen LogP contribution in [0.5, 0.6) is 0 Å². The van der Waals surface area contributed by atoms with Crippen LogP contribution in [0.3, 0.4) is 0 Å². The molecule has 214 valence electrons. The van der Waals surface area contributed by atoms with Crippen LogP contribution in [0.1, 0.15) is 38.8 Å². The molecule has 0 bridgehead atoms. The summed E-state index contributed by atoms with van der Waals surface area (Å²) >= 11 is 0.984. The highest BCUT2D eigenvalue weighted by Crippen LogP contribution is 2.33. The zero-order valence-electron chi connectivity index (χ0n) is 22.5. The minimum absolute atomic E-state index is 0.0977. The molecule has 1 aromatic heterocycles. The van der Waals surface area contributed by atoms with Gasteiger partial charge in [-0.3, -0.25) is 4.79 Å². The Morgan fingerprint density at radius 1 is 1.07 bits per heavy atom. The van der Waals surface area contributed by atoms with E-state index < -0.39 is 23.4 Å². The second-order valence-corrected chi connectivity index (χ2v) is 10.5. The second kappa shape index (κ2) is 14.1. The lowest BCUT2D eigenvalue weighted by molar-refractivity contribution is -0.142. The van der Waals surface area contributed by atoms with E-state index in [1.54, 1.807) is 6.26 Å². The molecule has 4 aromatic rings. The largest absolute Gasteiger partial charge is 0.480 e. The third-order valence-corrected chi connectivity index (χ3v) is 7.78. The maximum atomic E-state index is 12.4. The number of aliphatic hydroxyl groups is 1. The Balaban J connectivity index is 0.000000275. The molecule has 0 radical (unpaired) electrons. The smallest absolute Gasteiger partial charge is 0.338 e. The molecular formula is C31H33N3O6S. The molecule has 0 spiro atoms. The number of ether oxygens (including phenoxy) is 1. The number of carbonyl (C=O) groups excluding carboxylic acids is 2. The van der Waals surface area contributed by atoms with Crippen LogP contribution in [0.4, 0.5) is 0 Å². The molecule has 0 fully saturated rings. The van der Waals surface area contributed by atoms with Crippen LogP contribution in [-0.4, -0.2) is 57.7 Å². The van der Waals surface area contributed by atoms with Crippen LogP contribution in [0, 0.1) is 5.92 Å². The van der Waals surface area contributed by atoms with Gasteiger partial charge >= 0.3 is 11.9 Å². The molecule has 0 aliphatic carbocycles. The van der Waals surface area contributed by atoms with E-state index >= 15 is 0 Å². The standard InChI is InChI=1S/C25H22N2O2.C6H11NO4S/c28-25(29-16-17-6-2-1-3-7-17)19-12-10-18(11-13-19)23-24-21(14-15-26-23)20-8-4-5-9-22(20)27-24;1-12-6(11)3(2-8)4(7)5(9)10/h1-13,23,26-27H,14-16H2;2-4,6,11H,7H2,1H3,(H,9,10)/t;3?,4-,6?/m.0/s1. The summed E-state index contributed by atoms with van der Waals surface area (Å²) in [4.78, 5) is 36.6. The Labute approximate surface area is 242 Å². The minimum atomic E-state index is -1.34. The van der Waals surface area contributed by atoms with Crippen molar-refractivity contribution < 1.29 is 29.3 Å². The number of rotatable bonds is 9. The van der Waals surface area contributed by atoms with Crippen LogP contribution in [0.25, 0.3) is 10.9 Å². The fourth-order valence-electron chi connectivity index (χ4n) is 4.73. The Morgan fingerprint density at radius 3 is 2.41 bits per heavy atom. The van der Waals surface area contributed by atoms with Crippen molar-refractivity contribution >= 4 is 40.9 Å². The molecule has 3 aromatic carbocycles. The van der Waals surface area contributed by atoms with Gasteiger partial charge in [-0.2, -0.15) is 0 Å². The Morgan fingerprint density at radius 2 is 1.76 bits per heavy atom. The molecule has 2 heterocycles. The number of fused-ring (bicyclic) bond motifs is 3. The van der Waals surface area contributed by atoms with Crippen LogP contribution >= 0.6 is 11.8 Å². The second-order valence-electron chi connectivity index (χ2n) is 9.59. The number of hydrogen-bond acceptors (Lipinski definition) is 8. The SMILES string of the molecule is CSC(O)C(C=O)[C@H](N)C(=O)O.O=C(OCc1ccccc1)c1ccc(C2NCCc3c2[nH]c2ccccc32)cc1. The van der Waals surface area contributed by atoms with Crippen molar-refractivity contribution in [2.45, 2.75) is 30.5 Å². The first-order valence-electron chi connectivity index (χ1n) is 13.1. The summed E-state index contributed by atoms with van der Waals surface area (Å²) in [5, 5.41) is 22.5. The number of nitrogens with two attached hydrogens (primary N) is 1. The number of carboxylic acids is 1. The highest BCUT2D eigenvalue weighted by Gasteiger charge is 2.29. The number of thioether (sulfide) groups is 1. The summed E-state index contributed by atoms with van der Waals surface area (Å²) in [5.74, 6) is -2.65. The third kappa shape index (κ3) is 7.22. The van der Waals surface area contributed by atoms with E-state index in [0.717, 1.165) is 35.9 Å². The average molecular weight is 576 g/mol. The molecule has 0 amide bonds. The number of carboxylic acid groups (broad SMARTS) is 1. The molecule has 0 saturated carbocycles. The van der Waals surface area contributed by atoms with Crippen molar-refractivity contribution in [2.75, 3.05) is 12.8 Å². The molecule has 10 heteroatoms. The monoisotopic (exact) mass is 575 g/mol. The third-order valence-electron chi connectivity index (χ3n) is 6.98. The fourth-order valence-corrected chi connectivity index (χ4v) is 5.28. The van der Waals surface area contributed by atoms with E-state index in [1.165, 1.54) is 22.2 Å². The van der Waals surface area contributed by atoms with E-state index in [2.05, 4.69) is 34.6 Å². The Hall–Kier alpha value is -3.96. The number of para-hydroxylation sites is 1. The van der Waals surface area contributed by atoms with Gasteiger partial charge in [0.05, 0.1) is 17.5 Å². The average Bonchev–Trinajstić information content (AvgIpc) is 3.40. The van der Waals surface area contributed by atoms with Gasteiger partial charge < -0.3 is 35.8 Å². The first kappa shape index (κ1) is 30.0. The Kier molecular flexibility index (Phi) is 10.3. The molecule has 4 atom stereocenters. The Bertz CT molecular complexity index is 1470. The number of aliphatic hydroxyl groups excluding tert-OH is 1. The van der Waals surface area contributed by atoms with Crippen molar-refractivity contribution in [3.63, 3.8) is 0 Å². The van der Waals surface area contributed by atoms with Gasteiger partial charge in [-0.05, 0) is 47.6 Å². The number of H-pyrrole nitrogens is 1. The molecule has 0 saturated heterocycles. The normalized spacial score (nSPS) is 16.4. The zero-order chi connectivity index (χ0) is 29.4. The maximum absolute atomic E-state index is 12.4. The van der Waals surface area contributed by atoms with Crippen molar-refractivity contribution in [1.82, 2.24) is 10.3 Å². The van der Waals surface area contributed by atoms with Gasteiger partial charge in [-0.25, -0.2) is 4.79 Å². The molecule has 1 aliphatic heterocycles. The van der Waals surface area contributed by atoms with E-state index in [1.807, 2.05) is 54.6 Å².